The molecular weight excluding hydrogens is 322 g/mol. The van der Waals surface area contributed by atoms with Crippen molar-refractivity contribution in [2.75, 3.05) is 12.4 Å². The third-order valence-corrected chi connectivity index (χ3v) is 3.43. The van der Waals surface area contributed by atoms with Crippen LogP contribution < -0.4 is 10.1 Å². The van der Waals surface area contributed by atoms with Crippen molar-refractivity contribution in [3.63, 3.8) is 0 Å². The molecular formula is C15H16BrNO3. The van der Waals surface area contributed by atoms with Gasteiger partial charge >= 0.3 is 0 Å². The Morgan fingerprint density at radius 2 is 1.90 bits per heavy atom. The lowest BCUT2D eigenvalue weighted by Gasteiger charge is -2.18. The van der Waals surface area contributed by atoms with E-state index in [4.69, 9.17) is 4.74 Å². The summed E-state index contributed by atoms with van der Waals surface area (Å²) in [6.07, 6.45) is 0. The van der Waals surface area contributed by atoms with Gasteiger partial charge in [0.25, 0.3) is 0 Å². The molecule has 0 bridgehead atoms. The Balaban J connectivity index is 2.22. The van der Waals surface area contributed by atoms with Crippen molar-refractivity contribution >= 4 is 21.6 Å². The van der Waals surface area contributed by atoms with E-state index in [9.17, 15) is 10.2 Å². The molecule has 106 valence electrons. The Hall–Kier alpha value is -1.88. The molecule has 1 unspecified atom stereocenters. The Morgan fingerprint density at radius 1 is 1.15 bits per heavy atom. The van der Waals surface area contributed by atoms with Crippen molar-refractivity contribution in [1.82, 2.24) is 0 Å². The number of halogens is 1. The number of rotatable bonds is 4. The minimum atomic E-state index is -0.116. The normalized spacial score (nSPS) is 11.9. The highest BCUT2D eigenvalue weighted by molar-refractivity contribution is 9.10. The fourth-order valence-electron chi connectivity index (χ4n) is 1.99. The second-order valence-electron chi connectivity index (χ2n) is 4.49. The summed E-state index contributed by atoms with van der Waals surface area (Å²) in [5.41, 5.74) is 1.58. The van der Waals surface area contributed by atoms with Crippen LogP contribution in [0.2, 0.25) is 0 Å². The van der Waals surface area contributed by atoms with Crippen molar-refractivity contribution < 1.29 is 14.9 Å². The van der Waals surface area contributed by atoms with Crippen molar-refractivity contribution in [3.05, 3.63) is 46.4 Å². The van der Waals surface area contributed by atoms with Crippen molar-refractivity contribution in [1.29, 1.82) is 0 Å². The minimum absolute atomic E-state index is 0.0441. The molecule has 20 heavy (non-hydrogen) atoms. The van der Waals surface area contributed by atoms with Crippen LogP contribution in [0, 0.1) is 0 Å². The lowest BCUT2D eigenvalue weighted by Crippen LogP contribution is -2.07. The summed E-state index contributed by atoms with van der Waals surface area (Å²) in [4.78, 5) is 0. The van der Waals surface area contributed by atoms with Gasteiger partial charge in [0.1, 0.15) is 17.2 Å². The maximum absolute atomic E-state index is 9.86. The van der Waals surface area contributed by atoms with Gasteiger partial charge in [0.15, 0.2) is 0 Å². The first-order chi connectivity index (χ1) is 9.49. The van der Waals surface area contributed by atoms with E-state index in [0.717, 1.165) is 15.9 Å². The molecule has 0 aliphatic heterocycles. The van der Waals surface area contributed by atoms with E-state index in [2.05, 4.69) is 21.2 Å². The lowest BCUT2D eigenvalue weighted by atomic mass is 10.1. The number of aromatic hydroxyl groups is 2. The first kappa shape index (κ1) is 14.5. The molecule has 5 heteroatoms. The third kappa shape index (κ3) is 3.36. The molecule has 3 N–H and O–H groups in total. The van der Waals surface area contributed by atoms with Gasteiger partial charge < -0.3 is 20.3 Å². The predicted octanol–water partition coefficient (Wildman–Crippen LogP) is 4.04. The predicted molar refractivity (Wildman–Crippen MR) is 82.5 cm³/mol. The second-order valence-corrected chi connectivity index (χ2v) is 5.40. The molecule has 0 radical (unpaired) electrons. The maximum atomic E-state index is 9.86. The van der Waals surface area contributed by atoms with E-state index >= 15 is 0 Å². The largest absolute Gasteiger partial charge is 0.508 e. The van der Waals surface area contributed by atoms with Crippen molar-refractivity contribution in [2.45, 2.75) is 13.0 Å². The van der Waals surface area contributed by atoms with Crippen molar-refractivity contribution in [2.24, 2.45) is 0 Å². The highest BCUT2D eigenvalue weighted by Gasteiger charge is 2.11. The summed E-state index contributed by atoms with van der Waals surface area (Å²) >= 11 is 3.42. The third-order valence-electron chi connectivity index (χ3n) is 2.97. The molecule has 0 heterocycles. The topological polar surface area (TPSA) is 61.7 Å². The number of phenolic OH excluding ortho intramolecular Hbond substituents is 2. The number of methoxy groups -OCH3 is 1. The van der Waals surface area contributed by atoms with Gasteiger partial charge in [0, 0.05) is 27.9 Å². The van der Waals surface area contributed by atoms with Crippen LogP contribution in [0.1, 0.15) is 18.5 Å². The van der Waals surface area contributed by atoms with Gasteiger partial charge in [-0.2, -0.15) is 0 Å². The van der Waals surface area contributed by atoms with Gasteiger partial charge in [-0.1, -0.05) is 15.9 Å². The zero-order valence-corrected chi connectivity index (χ0v) is 12.8. The minimum Gasteiger partial charge on any atom is -0.508 e. The number of ether oxygens (including phenoxy) is 1. The van der Waals surface area contributed by atoms with Crippen molar-refractivity contribution in [3.8, 4) is 17.2 Å². The number of hydrogen-bond acceptors (Lipinski definition) is 4. The van der Waals surface area contributed by atoms with Gasteiger partial charge in [0.2, 0.25) is 0 Å². The van der Waals surface area contributed by atoms with E-state index in [1.165, 1.54) is 6.07 Å². The first-order valence-corrected chi connectivity index (χ1v) is 6.92. The molecule has 0 saturated carbocycles. The molecule has 2 aromatic rings. The molecule has 0 saturated heterocycles. The Morgan fingerprint density at radius 3 is 2.55 bits per heavy atom. The second kappa shape index (κ2) is 6.05. The molecule has 0 amide bonds. The molecule has 0 aromatic heterocycles. The fourth-order valence-corrected chi connectivity index (χ4v) is 2.46. The van der Waals surface area contributed by atoms with Crippen LogP contribution in [-0.4, -0.2) is 17.3 Å². The summed E-state index contributed by atoms with van der Waals surface area (Å²) in [5.74, 6) is 0.846. The molecule has 1 atom stereocenters. The Kier molecular flexibility index (Phi) is 4.39. The SMILES string of the molecule is COc1cc(Br)cc(NC(C)c2ccc(O)cc2O)c1. The quantitative estimate of drug-likeness (QED) is 0.787. The van der Waals surface area contributed by atoms with E-state index in [0.29, 0.717) is 5.56 Å². The summed E-state index contributed by atoms with van der Waals surface area (Å²) in [7, 11) is 1.61. The smallest absolute Gasteiger partial charge is 0.124 e. The molecule has 0 aliphatic rings. The number of nitrogens with one attached hydrogen (secondary N) is 1. The van der Waals surface area contributed by atoms with Crippen LogP contribution in [0.3, 0.4) is 0 Å². The van der Waals surface area contributed by atoms with Crippen LogP contribution in [0.4, 0.5) is 5.69 Å². The van der Waals surface area contributed by atoms with E-state index < -0.39 is 0 Å². The fraction of sp³-hybridized carbons (Fsp3) is 0.200. The summed E-state index contributed by atoms with van der Waals surface area (Å²) in [5, 5.41) is 22.5. The van der Waals surface area contributed by atoms with Gasteiger partial charge in [-0.15, -0.1) is 0 Å². The van der Waals surface area contributed by atoms with Crippen LogP contribution in [0.25, 0.3) is 0 Å². The highest BCUT2D eigenvalue weighted by atomic mass is 79.9. The molecule has 0 fully saturated rings. The molecule has 2 aromatic carbocycles. The van der Waals surface area contributed by atoms with Gasteiger partial charge in [-0.3, -0.25) is 0 Å². The average Bonchev–Trinajstić information content (AvgIpc) is 2.37. The van der Waals surface area contributed by atoms with E-state index in [1.54, 1.807) is 19.2 Å². The van der Waals surface area contributed by atoms with E-state index in [-0.39, 0.29) is 17.5 Å². The monoisotopic (exact) mass is 337 g/mol. The standard InChI is InChI=1S/C15H16BrNO3/c1-9(14-4-3-12(18)8-15(14)19)17-11-5-10(16)6-13(7-11)20-2/h3-9,17-19H,1-2H3. The van der Waals surface area contributed by atoms with Crippen LogP contribution in [0.15, 0.2) is 40.9 Å². The van der Waals surface area contributed by atoms with Crippen LogP contribution >= 0.6 is 15.9 Å². The number of anilines is 1. The number of hydrogen-bond donors (Lipinski definition) is 3. The highest BCUT2D eigenvalue weighted by Crippen LogP contribution is 2.32. The summed E-state index contributed by atoms with van der Waals surface area (Å²) < 4.78 is 6.11. The maximum Gasteiger partial charge on any atom is 0.124 e. The summed E-state index contributed by atoms with van der Waals surface area (Å²) in [6, 6.07) is 10.1. The zero-order chi connectivity index (χ0) is 14.7. The number of phenols is 2. The average molecular weight is 338 g/mol. The van der Waals surface area contributed by atoms with E-state index in [1.807, 2.05) is 25.1 Å². The first-order valence-electron chi connectivity index (χ1n) is 6.12. The Labute approximate surface area is 126 Å². The molecule has 4 nitrogen and oxygen atoms in total. The van der Waals surface area contributed by atoms with Gasteiger partial charge in [-0.25, -0.2) is 0 Å². The van der Waals surface area contributed by atoms with Crippen LogP contribution in [-0.2, 0) is 0 Å². The molecule has 0 aliphatic carbocycles. The Bertz CT molecular complexity index is 616. The molecule has 2 rings (SSSR count). The zero-order valence-electron chi connectivity index (χ0n) is 11.2. The van der Waals surface area contributed by atoms with Gasteiger partial charge in [0.05, 0.1) is 13.2 Å². The number of benzene rings is 2. The lowest BCUT2D eigenvalue weighted by molar-refractivity contribution is 0.414. The van der Waals surface area contributed by atoms with Crippen LogP contribution in [0.5, 0.6) is 17.2 Å². The van der Waals surface area contributed by atoms with Gasteiger partial charge in [-0.05, 0) is 31.2 Å². The summed E-state index contributed by atoms with van der Waals surface area (Å²) in [6.45, 7) is 1.93. The molecule has 0 spiro atoms.